The van der Waals surface area contributed by atoms with E-state index in [0.29, 0.717) is 5.69 Å². The molecule has 0 fully saturated rings. The van der Waals surface area contributed by atoms with Crippen molar-refractivity contribution in [1.82, 2.24) is 19.9 Å². The van der Waals surface area contributed by atoms with Gasteiger partial charge in [-0.15, -0.1) is 0 Å². The van der Waals surface area contributed by atoms with E-state index < -0.39 is 5.56 Å². The van der Waals surface area contributed by atoms with E-state index in [0.717, 1.165) is 22.4 Å². The van der Waals surface area contributed by atoms with Crippen LogP contribution in [0.3, 0.4) is 0 Å². The third kappa shape index (κ3) is 3.42. The lowest BCUT2D eigenvalue weighted by Crippen LogP contribution is -2.46. The maximum atomic E-state index is 12.3. The molecule has 126 valence electrons. The summed E-state index contributed by atoms with van der Waals surface area (Å²) in [5.41, 5.74) is 3.17. The fourth-order valence-corrected chi connectivity index (χ4v) is 2.49. The van der Waals surface area contributed by atoms with E-state index in [-0.39, 0.29) is 16.3 Å². The van der Waals surface area contributed by atoms with Crippen molar-refractivity contribution in [3.8, 4) is 0 Å². The van der Waals surface area contributed by atoms with Crippen molar-refractivity contribution in [1.29, 1.82) is 0 Å². The predicted molar refractivity (Wildman–Crippen MR) is 98.5 cm³/mol. The smallest absolute Gasteiger partial charge is 0.272 e. The van der Waals surface area contributed by atoms with Crippen LogP contribution >= 0.6 is 0 Å². The van der Waals surface area contributed by atoms with Crippen LogP contribution in [0.15, 0.2) is 46.8 Å². The first kappa shape index (κ1) is 16.4. The molecule has 0 aliphatic heterocycles. The van der Waals surface area contributed by atoms with Crippen molar-refractivity contribution >= 4 is 17.7 Å². The lowest BCUT2D eigenvalue weighted by Gasteiger charge is -1.98. The van der Waals surface area contributed by atoms with Crippen LogP contribution in [-0.2, 0) is 0 Å². The zero-order valence-electron chi connectivity index (χ0n) is 14.0. The van der Waals surface area contributed by atoms with Crippen molar-refractivity contribution in [3.63, 3.8) is 0 Å². The molecule has 0 amide bonds. The lowest BCUT2D eigenvalue weighted by atomic mass is 10.1. The van der Waals surface area contributed by atoms with Gasteiger partial charge in [-0.25, -0.2) is 4.98 Å². The van der Waals surface area contributed by atoms with Gasteiger partial charge in [-0.2, -0.15) is 0 Å². The van der Waals surface area contributed by atoms with Crippen LogP contribution < -0.4 is 21.8 Å². The summed E-state index contributed by atoms with van der Waals surface area (Å²) in [5, 5.41) is 0.347. The Morgan fingerprint density at radius 3 is 2.36 bits per heavy atom. The molecule has 3 rings (SSSR count). The van der Waals surface area contributed by atoms with Crippen LogP contribution in [0.4, 0.5) is 0 Å². The third-order valence-corrected chi connectivity index (χ3v) is 3.85. The zero-order chi connectivity index (χ0) is 18.0. The van der Waals surface area contributed by atoms with Gasteiger partial charge in [0, 0.05) is 0 Å². The van der Waals surface area contributed by atoms with Gasteiger partial charge >= 0.3 is 0 Å². The van der Waals surface area contributed by atoms with Gasteiger partial charge in [0.05, 0.1) is 17.7 Å². The summed E-state index contributed by atoms with van der Waals surface area (Å²) in [5.74, 6) is 0. The Kier molecular flexibility index (Phi) is 4.35. The molecular weight excluding hydrogens is 316 g/mol. The average molecular weight is 334 g/mol. The molecule has 6 heteroatoms. The lowest BCUT2D eigenvalue weighted by molar-refractivity contribution is 1.00. The standard InChI is InChI=1S/C19H18N4O2/c1-11(2)17-14(20-10-21-17)9-16-19(25)22-15(18(24)23-16)8-13-7-5-4-6-12(13)3/h4-10H,1H2,2-3H3,(H,20,21)(H,22,25)(H,23,24)/b15-8-,16-9-. The average Bonchev–Trinajstić information content (AvgIpc) is 3.02. The second kappa shape index (κ2) is 6.60. The SMILES string of the molecule is C=C(C)c1[nH]cnc1/C=c1\[nH]c(=O)/c(=C/c2ccccc2C)[nH]c1=O. The highest BCUT2D eigenvalue weighted by Gasteiger charge is 2.04. The van der Waals surface area contributed by atoms with Gasteiger partial charge in [-0.05, 0) is 42.7 Å². The number of nitrogens with one attached hydrogen (secondary N) is 3. The number of imidazole rings is 1. The Hall–Kier alpha value is -3.41. The number of nitrogens with zero attached hydrogens (tertiary/aromatic N) is 1. The van der Waals surface area contributed by atoms with Gasteiger partial charge < -0.3 is 15.0 Å². The molecule has 6 nitrogen and oxygen atoms in total. The zero-order valence-corrected chi connectivity index (χ0v) is 14.0. The van der Waals surface area contributed by atoms with E-state index in [1.54, 1.807) is 6.08 Å². The molecular formula is C19H18N4O2. The summed E-state index contributed by atoms with van der Waals surface area (Å²) in [6, 6.07) is 7.62. The molecule has 25 heavy (non-hydrogen) atoms. The summed E-state index contributed by atoms with van der Waals surface area (Å²) >= 11 is 0. The number of hydrogen-bond acceptors (Lipinski definition) is 3. The van der Waals surface area contributed by atoms with Crippen LogP contribution in [0.1, 0.15) is 29.4 Å². The van der Waals surface area contributed by atoms with Crippen LogP contribution in [0.2, 0.25) is 0 Å². The fourth-order valence-electron chi connectivity index (χ4n) is 2.49. The first-order chi connectivity index (χ1) is 12.0. The second-order valence-corrected chi connectivity index (χ2v) is 5.82. The molecule has 0 spiro atoms. The van der Waals surface area contributed by atoms with E-state index in [1.165, 1.54) is 12.4 Å². The summed E-state index contributed by atoms with van der Waals surface area (Å²) in [6.45, 7) is 7.63. The van der Waals surface area contributed by atoms with E-state index in [9.17, 15) is 9.59 Å². The molecule has 0 saturated carbocycles. The Balaban J connectivity index is 2.17. The van der Waals surface area contributed by atoms with Crippen LogP contribution in [0.5, 0.6) is 0 Å². The molecule has 0 saturated heterocycles. The van der Waals surface area contributed by atoms with E-state index in [2.05, 4.69) is 26.5 Å². The fraction of sp³-hybridized carbons (Fsp3) is 0.105. The van der Waals surface area contributed by atoms with Gasteiger partial charge in [0.2, 0.25) is 0 Å². The quantitative estimate of drug-likeness (QED) is 0.661. The van der Waals surface area contributed by atoms with Gasteiger partial charge in [0.1, 0.15) is 10.7 Å². The molecule has 1 aromatic carbocycles. The predicted octanol–water partition coefficient (Wildman–Crippen LogP) is 0.785. The largest absolute Gasteiger partial charge is 0.344 e. The number of allylic oxidation sites excluding steroid dienone is 1. The summed E-state index contributed by atoms with van der Waals surface area (Å²) in [7, 11) is 0. The minimum Gasteiger partial charge on any atom is -0.344 e. The number of aromatic amines is 3. The number of aryl methyl sites for hydroxylation is 1. The Labute approximate surface area is 143 Å². The maximum absolute atomic E-state index is 12.3. The van der Waals surface area contributed by atoms with Crippen LogP contribution in [0, 0.1) is 6.92 Å². The normalized spacial score (nSPS) is 12.6. The van der Waals surface area contributed by atoms with Crippen LogP contribution in [-0.4, -0.2) is 19.9 Å². The van der Waals surface area contributed by atoms with Gasteiger partial charge in [-0.1, -0.05) is 30.8 Å². The van der Waals surface area contributed by atoms with Crippen LogP contribution in [0.25, 0.3) is 17.7 Å². The molecule has 0 radical (unpaired) electrons. The van der Waals surface area contributed by atoms with Gasteiger partial charge in [0.25, 0.3) is 11.1 Å². The number of rotatable bonds is 3. The molecule has 0 unspecified atom stereocenters. The Bertz CT molecular complexity index is 1180. The summed E-state index contributed by atoms with van der Waals surface area (Å²) in [6.07, 6.45) is 4.70. The van der Waals surface area contributed by atoms with Crippen molar-refractivity contribution < 1.29 is 0 Å². The maximum Gasteiger partial charge on any atom is 0.272 e. The van der Waals surface area contributed by atoms with Crippen molar-refractivity contribution in [2.45, 2.75) is 13.8 Å². The highest BCUT2D eigenvalue weighted by atomic mass is 16.1. The van der Waals surface area contributed by atoms with Gasteiger partial charge in [0.15, 0.2) is 0 Å². The van der Waals surface area contributed by atoms with E-state index >= 15 is 0 Å². The van der Waals surface area contributed by atoms with E-state index in [1.807, 2.05) is 38.1 Å². The molecule has 0 aliphatic rings. The summed E-state index contributed by atoms with van der Waals surface area (Å²) < 4.78 is 0. The molecule has 2 heterocycles. The third-order valence-electron chi connectivity index (χ3n) is 3.85. The number of hydrogen-bond donors (Lipinski definition) is 3. The summed E-state index contributed by atoms with van der Waals surface area (Å²) in [4.78, 5) is 37.0. The number of benzene rings is 1. The molecule has 0 aliphatic carbocycles. The highest BCUT2D eigenvalue weighted by molar-refractivity contribution is 5.66. The number of H-pyrrole nitrogens is 3. The Morgan fingerprint density at radius 1 is 1.08 bits per heavy atom. The highest BCUT2D eigenvalue weighted by Crippen LogP contribution is 2.12. The second-order valence-electron chi connectivity index (χ2n) is 5.82. The first-order valence-electron chi connectivity index (χ1n) is 7.76. The van der Waals surface area contributed by atoms with Gasteiger partial charge in [-0.3, -0.25) is 9.59 Å². The molecule has 0 bridgehead atoms. The topological polar surface area (TPSA) is 94.4 Å². The molecule has 2 aromatic heterocycles. The monoisotopic (exact) mass is 334 g/mol. The Morgan fingerprint density at radius 2 is 1.72 bits per heavy atom. The molecule has 3 N–H and O–H groups in total. The number of aromatic nitrogens is 4. The van der Waals surface area contributed by atoms with Crippen molar-refractivity contribution in [3.05, 3.63) is 91.1 Å². The van der Waals surface area contributed by atoms with E-state index in [4.69, 9.17) is 0 Å². The van der Waals surface area contributed by atoms with Crippen molar-refractivity contribution in [2.75, 3.05) is 0 Å². The molecule has 3 aromatic rings. The first-order valence-corrected chi connectivity index (χ1v) is 7.76. The minimum absolute atomic E-state index is 0.140. The van der Waals surface area contributed by atoms with Crippen molar-refractivity contribution in [2.24, 2.45) is 0 Å². The molecule has 0 atom stereocenters. The minimum atomic E-state index is -0.393.